The van der Waals surface area contributed by atoms with Crippen LogP contribution in [0.3, 0.4) is 0 Å². The third kappa shape index (κ3) is 3.98. The van der Waals surface area contributed by atoms with Crippen molar-refractivity contribution in [2.45, 2.75) is 18.9 Å². The molecule has 4 aromatic rings. The fourth-order valence-electron chi connectivity index (χ4n) is 4.17. The molecule has 1 amide bonds. The average molecular weight is 515 g/mol. The standard InChI is InChI=1S/C24H18BrCl2N3O/c25-17-4-3-5-19(11-17)29-14-16(10-23(29)31)24-28-21-6-1-2-7-22(21)30(24)13-15-8-9-18(26)12-20(15)27/h1-9,11-12,16H,10,13-14H2. The molecule has 1 aliphatic heterocycles. The van der Waals surface area contributed by atoms with E-state index in [0.29, 0.717) is 29.6 Å². The lowest BCUT2D eigenvalue weighted by atomic mass is 10.1. The second-order valence-corrected chi connectivity index (χ2v) is 9.43. The fourth-order valence-corrected chi connectivity index (χ4v) is 5.02. The predicted octanol–water partition coefficient (Wildman–Crippen LogP) is 6.67. The van der Waals surface area contributed by atoms with Crippen molar-refractivity contribution >= 4 is 61.8 Å². The van der Waals surface area contributed by atoms with Crippen LogP contribution in [0.15, 0.2) is 71.2 Å². The molecule has 0 N–H and O–H groups in total. The first-order valence-corrected chi connectivity index (χ1v) is 11.5. The largest absolute Gasteiger partial charge is 0.323 e. The molecule has 156 valence electrons. The molecule has 1 aromatic heterocycles. The van der Waals surface area contributed by atoms with E-state index >= 15 is 0 Å². The van der Waals surface area contributed by atoms with Gasteiger partial charge in [-0.25, -0.2) is 4.98 Å². The maximum Gasteiger partial charge on any atom is 0.227 e. The van der Waals surface area contributed by atoms with Crippen LogP contribution < -0.4 is 4.90 Å². The van der Waals surface area contributed by atoms with E-state index in [9.17, 15) is 4.79 Å². The molecule has 5 rings (SSSR count). The van der Waals surface area contributed by atoms with Gasteiger partial charge >= 0.3 is 0 Å². The topological polar surface area (TPSA) is 38.1 Å². The molecule has 1 saturated heterocycles. The Kier molecular flexibility index (Phi) is 5.51. The molecular weight excluding hydrogens is 497 g/mol. The van der Waals surface area contributed by atoms with E-state index in [1.807, 2.05) is 59.5 Å². The van der Waals surface area contributed by atoms with Gasteiger partial charge in [-0.1, -0.05) is 63.4 Å². The van der Waals surface area contributed by atoms with E-state index in [1.54, 1.807) is 6.07 Å². The summed E-state index contributed by atoms with van der Waals surface area (Å²) in [6.07, 6.45) is 0.421. The maximum atomic E-state index is 12.9. The van der Waals surface area contributed by atoms with Gasteiger partial charge in [-0.15, -0.1) is 0 Å². The van der Waals surface area contributed by atoms with Gasteiger partial charge in [0.25, 0.3) is 0 Å². The molecule has 31 heavy (non-hydrogen) atoms. The third-order valence-corrected chi connectivity index (χ3v) is 6.72. The number of para-hydroxylation sites is 2. The van der Waals surface area contributed by atoms with Crippen molar-refractivity contribution in [3.05, 3.63) is 92.6 Å². The van der Waals surface area contributed by atoms with E-state index in [2.05, 4.69) is 26.6 Å². The number of hydrogen-bond acceptors (Lipinski definition) is 2. The summed E-state index contributed by atoms with van der Waals surface area (Å²) in [5.41, 5.74) is 3.79. The van der Waals surface area contributed by atoms with Gasteiger partial charge in [-0.05, 0) is 48.0 Å². The highest BCUT2D eigenvalue weighted by atomic mass is 79.9. The second-order valence-electron chi connectivity index (χ2n) is 7.67. The van der Waals surface area contributed by atoms with Gasteiger partial charge in [0, 0.05) is 39.1 Å². The molecule has 0 spiro atoms. The molecule has 0 saturated carbocycles. The lowest BCUT2D eigenvalue weighted by Crippen LogP contribution is -2.24. The summed E-state index contributed by atoms with van der Waals surface area (Å²) in [6, 6.07) is 21.4. The van der Waals surface area contributed by atoms with Crippen LogP contribution in [0.2, 0.25) is 10.0 Å². The number of carbonyl (C=O) groups excluding carboxylic acids is 1. The second kappa shape index (κ2) is 8.30. The Hall–Kier alpha value is -2.34. The number of aromatic nitrogens is 2. The Morgan fingerprint density at radius 2 is 1.87 bits per heavy atom. The molecule has 1 fully saturated rings. The predicted molar refractivity (Wildman–Crippen MR) is 129 cm³/mol. The van der Waals surface area contributed by atoms with Gasteiger partial charge in [0.15, 0.2) is 0 Å². The van der Waals surface area contributed by atoms with Crippen LogP contribution in [-0.4, -0.2) is 22.0 Å². The summed E-state index contributed by atoms with van der Waals surface area (Å²) in [5, 5.41) is 1.23. The van der Waals surface area contributed by atoms with E-state index in [1.165, 1.54) is 0 Å². The summed E-state index contributed by atoms with van der Waals surface area (Å²) >= 11 is 16.0. The monoisotopic (exact) mass is 513 g/mol. The number of nitrogens with zero attached hydrogens (tertiary/aromatic N) is 3. The molecule has 0 aliphatic carbocycles. The summed E-state index contributed by atoms with van der Waals surface area (Å²) < 4.78 is 3.12. The highest BCUT2D eigenvalue weighted by Gasteiger charge is 2.35. The summed E-state index contributed by atoms with van der Waals surface area (Å²) in [4.78, 5) is 19.6. The van der Waals surface area contributed by atoms with Gasteiger partial charge in [0.1, 0.15) is 5.82 Å². The minimum absolute atomic E-state index is 0.00930. The number of imidazole rings is 1. The lowest BCUT2D eigenvalue weighted by Gasteiger charge is -2.18. The molecule has 3 aromatic carbocycles. The number of hydrogen-bond donors (Lipinski definition) is 0. The minimum atomic E-state index is -0.00930. The number of benzene rings is 3. The number of fused-ring (bicyclic) bond motifs is 1. The van der Waals surface area contributed by atoms with E-state index in [0.717, 1.165) is 32.6 Å². The Bertz CT molecular complexity index is 1300. The Morgan fingerprint density at radius 3 is 2.68 bits per heavy atom. The van der Waals surface area contributed by atoms with Crippen molar-refractivity contribution in [1.29, 1.82) is 0 Å². The van der Waals surface area contributed by atoms with Gasteiger partial charge in [0.05, 0.1) is 17.6 Å². The van der Waals surface area contributed by atoms with E-state index < -0.39 is 0 Å². The van der Waals surface area contributed by atoms with Crippen LogP contribution in [0, 0.1) is 0 Å². The van der Waals surface area contributed by atoms with Crippen molar-refractivity contribution in [2.24, 2.45) is 0 Å². The van der Waals surface area contributed by atoms with Crippen LogP contribution in [0.25, 0.3) is 11.0 Å². The SMILES string of the molecule is O=C1CC(c2nc3ccccc3n2Cc2ccc(Cl)cc2Cl)CN1c1cccc(Br)c1. The van der Waals surface area contributed by atoms with Crippen molar-refractivity contribution in [3.8, 4) is 0 Å². The third-order valence-electron chi connectivity index (χ3n) is 5.64. The van der Waals surface area contributed by atoms with Gasteiger partial charge in [-0.2, -0.15) is 0 Å². The Balaban J connectivity index is 1.54. The van der Waals surface area contributed by atoms with E-state index in [4.69, 9.17) is 28.2 Å². The zero-order valence-corrected chi connectivity index (χ0v) is 19.5. The molecule has 1 unspecified atom stereocenters. The fraction of sp³-hybridized carbons (Fsp3) is 0.167. The highest BCUT2D eigenvalue weighted by molar-refractivity contribution is 9.10. The van der Waals surface area contributed by atoms with E-state index in [-0.39, 0.29) is 11.8 Å². The highest BCUT2D eigenvalue weighted by Crippen LogP contribution is 2.35. The molecular formula is C24H18BrCl2N3O. The molecule has 1 atom stereocenters. The summed E-state index contributed by atoms with van der Waals surface area (Å²) in [7, 11) is 0. The minimum Gasteiger partial charge on any atom is -0.323 e. The first kappa shape index (κ1) is 20.6. The molecule has 1 aliphatic rings. The van der Waals surface area contributed by atoms with Crippen molar-refractivity contribution in [2.75, 3.05) is 11.4 Å². The zero-order chi connectivity index (χ0) is 21.5. The first-order valence-electron chi connectivity index (χ1n) is 9.94. The smallest absolute Gasteiger partial charge is 0.227 e. The molecule has 0 radical (unpaired) electrons. The number of halogens is 3. The van der Waals surface area contributed by atoms with Crippen LogP contribution in [-0.2, 0) is 11.3 Å². The van der Waals surface area contributed by atoms with Crippen LogP contribution >= 0.6 is 39.1 Å². The Labute approximate surface area is 198 Å². The average Bonchev–Trinajstić information content (AvgIpc) is 3.31. The number of amides is 1. The quantitative estimate of drug-likeness (QED) is 0.305. The molecule has 0 bridgehead atoms. The van der Waals surface area contributed by atoms with Crippen LogP contribution in [0.5, 0.6) is 0 Å². The van der Waals surface area contributed by atoms with Gasteiger partial charge in [-0.3, -0.25) is 4.79 Å². The number of carbonyl (C=O) groups is 1. The van der Waals surface area contributed by atoms with Crippen LogP contribution in [0.1, 0.15) is 23.7 Å². The molecule has 7 heteroatoms. The zero-order valence-electron chi connectivity index (χ0n) is 16.4. The summed E-state index contributed by atoms with van der Waals surface area (Å²) in [6.45, 7) is 1.15. The van der Waals surface area contributed by atoms with Crippen molar-refractivity contribution < 1.29 is 4.79 Å². The van der Waals surface area contributed by atoms with Crippen molar-refractivity contribution in [3.63, 3.8) is 0 Å². The lowest BCUT2D eigenvalue weighted by molar-refractivity contribution is -0.117. The normalized spacial score (nSPS) is 16.4. The first-order chi connectivity index (χ1) is 15.0. The van der Waals surface area contributed by atoms with Gasteiger partial charge in [0.2, 0.25) is 5.91 Å². The molecule has 4 nitrogen and oxygen atoms in total. The number of rotatable bonds is 4. The maximum absolute atomic E-state index is 12.9. The Morgan fingerprint density at radius 1 is 1.03 bits per heavy atom. The van der Waals surface area contributed by atoms with Gasteiger partial charge < -0.3 is 9.47 Å². The van der Waals surface area contributed by atoms with Crippen LogP contribution in [0.4, 0.5) is 5.69 Å². The van der Waals surface area contributed by atoms with Crippen molar-refractivity contribution in [1.82, 2.24) is 9.55 Å². The number of anilines is 1. The molecule has 2 heterocycles. The summed E-state index contributed by atoms with van der Waals surface area (Å²) in [5.74, 6) is 0.995.